The molecule has 0 aliphatic carbocycles. The number of carboxylic acid groups (broad SMARTS) is 2. The summed E-state index contributed by atoms with van der Waals surface area (Å²) >= 11 is 0. The number of carbonyl (C=O) groups is 4. The number of carboxylic acids is 2. The highest BCUT2D eigenvalue weighted by atomic mass is 16.4. The van der Waals surface area contributed by atoms with Crippen LogP contribution in [0.25, 0.3) is 10.9 Å². The maximum absolute atomic E-state index is 12.9. The van der Waals surface area contributed by atoms with Gasteiger partial charge in [-0.2, -0.15) is 0 Å². The highest BCUT2D eigenvalue weighted by Crippen LogP contribution is 2.19. The molecule has 1 heterocycles. The van der Waals surface area contributed by atoms with E-state index in [0.29, 0.717) is 12.0 Å². The van der Waals surface area contributed by atoms with Crippen LogP contribution in [-0.2, 0) is 25.6 Å². The Morgan fingerprint density at radius 1 is 1.00 bits per heavy atom. The molecule has 13 nitrogen and oxygen atoms in total. The maximum Gasteiger partial charge on any atom is 0.326 e. The van der Waals surface area contributed by atoms with Crippen molar-refractivity contribution in [3.63, 3.8) is 0 Å². The molecule has 2 aromatic rings. The van der Waals surface area contributed by atoms with Crippen LogP contribution in [0.1, 0.15) is 31.2 Å². The van der Waals surface area contributed by atoms with Gasteiger partial charge in [0, 0.05) is 36.5 Å². The van der Waals surface area contributed by atoms with Crippen LogP contribution in [0.2, 0.25) is 0 Å². The number of fused-ring (bicyclic) bond motifs is 1. The number of carbonyl (C=O) groups excluding carboxylic acids is 2. The molecule has 190 valence electrons. The number of aromatic nitrogens is 1. The quantitative estimate of drug-likeness (QED) is 0.0921. The number of nitrogens with zero attached hydrogens (tertiary/aromatic N) is 1. The van der Waals surface area contributed by atoms with Crippen molar-refractivity contribution < 1.29 is 29.4 Å². The van der Waals surface area contributed by atoms with Gasteiger partial charge < -0.3 is 43.0 Å². The van der Waals surface area contributed by atoms with Crippen molar-refractivity contribution in [3.8, 4) is 0 Å². The molecule has 0 aliphatic heterocycles. The minimum absolute atomic E-state index is 0.0189. The second-order valence-corrected chi connectivity index (χ2v) is 8.01. The number of aromatic amines is 1. The van der Waals surface area contributed by atoms with Gasteiger partial charge in [0.2, 0.25) is 11.8 Å². The van der Waals surface area contributed by atoms with Crippen LogP contribution >= 0.6 is 0 Å². The van der Waals surface area contributed by atoms with Crippen LogP contribution in [0, 0.1) is 0 Å². The molecule has 1 aromatic heterocycles. The van der Waals surface area contributed by atoms with Crippen molar-refractivity contribution >= 4 is 40.6 Å². The summed E-state index contributed by atoms with van der Waals surface area (Å²) in [7, 11) is 0. The smallest absolute Gasteiger partial charge is 0.326 e. The molecule has 0 fully saturated rings. The molecular weight excluding hydrogens is 458 g/mol. The Labute approximate surface area is 201 Å². The molecule has 13 heteroatoms. The van der Waals surface area contributed by atoms with Crippen molar-refractivity contribution in [1.29, 1.82) is 0 Å². The summed E-state index contributed by atoms with van der Waals surface area (Å²) in [6.45, 7) is 0.264. The molecule has 0 bridgehead atoms. The van der Waals surface area contributed by atoms with Gasteiger partial charge in [-0.15, -0.1) is 0 Å². The zero-order valence-electron chi connectivity index (χ0n) is 19.1. The molecule has 0 unspecified atom stereocenters. The molecule has 2 amide bonds. The van der Waals surface area contributed by atoms with Crippen molar-refractivity contribution in [2.45, 2.75) is 50.2 Å². The van der Waals surface area contributed by atoms with E-state index in [-0.39, 0.29) is 31.8 Å². The van der Waals surface area contributed by atoms with Crippen molar-refractivity contribution in [3.05, 3.63) is 36.0 Å². The lowest BCUT2D eigenvalue weighted by Gasteiger charge is -2.22. The zero-order valence-corrected chi connectivity index (χ0v) is 19.1. The highest BCUT2D eigenvalue weighted by Gasteiger charge is 2.29. The van der Waals surface area contributed by atoms with Gasteiger partial charge in [0.05, 0.1) is 6.04 Å². The van der Waals surface area contributed by atoms with Gasteiger partial charge in [-0.3, -0.25) is 19.4 Å². The van der Waals surface area contributed by atoms with Crippen LogP contribution < -0.4 is 27.8 Å². The van der Waals surface area contributed by atoms with E-state index in [1.807, 2.05) is 24.3 Å². The van der Waals surface area contributed by atoms with Gasteiger partial charge in [-0.1, -0.05) is 18.2 Å². The first-order chi connectivity index (χ1) is 16.6. The monoisotopic (exact) mass is 489 g/mol. The molecule has 0 spiro atoms. The van der Waals surface area contributed by atoms with Gasteiger partial charge in [0.1, 0.15) is 12.1 Å². The fraction of sp³-hybridized carbons (Fsp3) is 0.409. The first kappa shape index (κ1) is 27.1. The molecule has 0 radical (unpaired) electrons. The molecule has 1 aromatic carbocycles. The van der Waals surface area contributed by atoms with Crippen LogP contribution in [0.15, 0.2) is 35.5 Å². The average molecular weight is 490 g/mol. The summed E-state index contributed by atoms with van der Waals surface area (Å²) in [6.07, 6.45) is 1.61. The average Bonchev–Trinajstić information content (AvgIpc) is 3.21. The molecule has 11 N–H and O–H groups in total. The van der Waals surface area contributed by atoms with Gasteiger partial charge in [-0.25, -0.2) is 4.79 Å². The van der Waals surface area contributed by atoms with E-state index in [1.165, 1.54) is 0 Å². The first-order valence-corrected chi connectivity index (χ1v) is 11.0. The molecule has 2 rings (SSSR count). The Balaban J connectivity index is 2.06. The van der Waals surface area contributed by atoms with E-state index in [9.17, 15) is 24.3 Å². The van der Waals surface area contributed by atoms with Crippen LogP contribution in [0.3, 0.4) is 0 Å². The fourth-order valence-electron chi connectivity index (χ4n) is 3.46. The number of nitrogens with two attached hydrogens (primary N) is 3. The Hall–Kier alpha value is -4.13. The number of nitrogens with one attached hydrogen (secondary N) is 3. The zero-order chi connectivity index (χ0) is 26.0. The number of benzene rings is 1. The summed E-state index contributed by atoms with van der Waals surface area (Å²) < 4.78 is 0. The Morgan fingerprint density at radius 3 is 2.34 bits per heavy atom. The SMILES string of the molecule is NC(N)=NCCC[C@H](N)C(=O)N[C@@H](CCC(=O)O)C(=O)N[C@@H](Cc1c[nH]c2ccccc12)C(=O)O. The van der Waals surface area contributed by atoms with E-state index < -0.39 is 48.3 Å². The van der Waals surface area contributed by atoms with Crippen molar-refractivity contribution in [2.24, 2.45) is 22.2 Å². The number of guanidine groups is 1. The molecule has 0 saturated heterocycles. The summed E-state index contributed by atoms with van der Waals surface area (Å²) in [5.41, 5.74) is 17.8. The second-order valence-electron chi connectivity index (χ2n) is 8.01. The predicted octanol–water partition coefficient (Wildman–Crippen LogP) is -0.990. The summed E-state index contributed by atoms with van der Waals surface area (Å²) in [6, 6.07) is 3.72. The second kappa shape index (κ2) is 12.9. The summed E-state index contributed by atoms with van der Waals surface area (Å²) in [5.74, 6) is -4.03. The lowest BCUT2D eigenvalue weighted by molar-refractivity contribution is -0.143. The normalized spacial score (nSPS) is 13.4. The Bertz CT molecular complexity index is 1080. The number of hydrogen-bond acceptors (Lipinski definition) is 6. The highest BCUT2D eigenvalue weighted by molar-refractivity contribution is 5.92. The van der Waals surface area contributed by atoms with Crippen LogP contribution in [0.5, 0.6) is 0 Å². The van der Waals surface area contributed by atoms with Gasteiger partial charge in [0.25, 0.3) is 0 Å². The fourth-order valence-corrected chi connectivity index (χ4v) is 3.46. The minimum atomic E-state index is -1.31. The first-order valence-electron chi connectivity index (χ1n) is 11.0. The third-order valence-electron chi connectivity index (χ3n) is 5.30. The summed E-state index contributed by atoms with van der Waals surface area (Å²) in [5, 5.41) is 24.3. The number of para-hydroxylation sites is 1. The maximum atomic E-state index is 12.9. The molecule has 35 heavy (non-hydrogen) atoms. The number of hydrogen-bond donors (Lipinski definition) is 8. The number of rotatable bonds is 14. The van der Waals surface area contributed by atoms with Gasteiger partial charge in [0.15, 0.2) is 5.96 Å². The van der Waals surface area contributed by atoms with E-state index in [2.05, 4.69) is 20.6 Å². The standard InChI is InChI=1S/C22H31N7O6/c23-14(5-3-9-26-22(24)25)19(32)28-16(7-8-18(30)31)20(33)29-17(21(34)35)10-12-11-27-15-6-2-1-4-13(12)15/h1-2,4,6,11,14,16-17,27H,3,5,7-10,23H2,(H,28,32)(H,29,33)(H,30,31)(H,34,35)(H4,24,25,26)/t14-,16-,17-/m0/s1. The topological polar surface area (TPSA) is 239 Å². The molecule has 0 saturated carbocycles. The lowest BCUT2D eigenvalue weighted by Crippen LogP contribution is -2.55. The molecule has 0 aliphatic rings. The number of aliphatic carboxylic acids is 2. The lowest BCUT2D eigenvalue weighted by atomic mass is 10.0. The van der Waals surface area contributed by atoms with E-state index in [4.69, 9.17) is 22.3 Å². The third kappa shape index (κ3) is 8.62. The van der Waals surface area contributed by atoms with E-state index in [0.717, 1.165) is 10.9 Å². The Morgan fingerprint density at radius 2 is 1.69 bits per heavy atom. The minimum Gasteiger partial charge on any atom is -0.481 e. The Kier molecular flexibility index (Phi) is 10.0. The van der Waals surface area contributed by atoms with Crippen molar-refractivity contribution in [2.75, 3.05) is 6.54 Å². The van der Waals surface area contributed by atoms with E-state index >= 15 is 0 Å². The van der Waals surface area contributed by atoms with Gasteiger partial charge >= 0.3 is 11.9 Å². The van der Waals surface area contributed by atoms with Crippen molar-refractivity contribution in [1.82, 2.24) is 15.6 Å². The van der Waals surface area contributed by atoms with Gasteiger partial charge in [-0.05, 0) is 30.9 Å². The predicted molar refractivity (Wildman–Crippen MR) is 128 cm³/mol. The van der Waals surface area contributed by atoms with Crippen LogP contribution in [0.4, 0.5) is 0 Å². The summed E-state index contributed by atoms with van der Waals surface area (Å²) in [4.78, 5) is 55.1. The molecule has 3 atom stereocenters. The third-order valence-corrected chi connectivity index (χ3v) is 5.30. The van der Waals surface area contributed by atoms with E-state index in [1.54, 1.807) is 6.20 Å². The van der Waals surface area contributed by atoms with Crippen LogP contribution in [-0.4, -0.2) is 69.6 Å². The number of amides is 2. The number of H-pyrrole nitrogens is 1. The number of aliphatic imine (C=N–C) groups is 1. The molecular formula is C22H31N7O6. The largest absolute Gasteiger partial charge is 0.481 e.